The van der Waals surface area contributed by atoms with Gasteiger partial charge in [-0.1, -0.05) is 15.9 Å². The number of halogens is 1. The Morgan fingerprint density at radius 3 is 2.58 bits per heavy atom. The van der Waals surface area contributed by atoms with E-state index in [0.29, 0.717) is 5.69 Å². The van der Waals surface area contributed by atoms with Gasteiger partial charge in [0.15, 0.2) is 0 Å². The van der Waals surface area contributed by atoms with Gasteiger partial charge in [-0.05, 0) is 43.8 Å². The molecule has 2 aliphatic heterocycles. The third-order valence-electron chi connectivity index (χ3n) is 4.38. The highest BCUT2D eigenvalue weighted by Gasteiger charge is 2.39. The first-order chi connectivity index (χ1) is 11.6. The predicted octanol–water partition coefficient (Wildman–Crippen LogP) is 1.39. The van der Waals surface area contributed by atoms with Crippen molar-refractivity contribution in [3.05, 3.63) is 28.7 Å². The van der Waals surface area contributed by atoms with Crippen molar-refractivity contribution in [1.29, 1.82) is 0 Å². The number of nitrogens with zero attached hydrogens (tertiary/aromatic N) is 2. The first-order valence-electron chi connectivity index (χ1n) is 8.31. The zero-order valence-electron chi connectivity index (χ0n) is 13.5. The molecule has 1 atom stereocenters. The Labute approximate surface area is 150 Å². The van der Waals surface area contributed by atoms with Crippen LogP contribution in [0.4, 0.5) is 5.69 Å². The molecule has 0 aromatic heterocycles. The summed E-state index contributed by atoms with van der Waals surface area (Å²) >= 11 is 3.36. The molecule has 3 rings (SSSR count). The van der Waals surface area contributed by atoms with Crippen LogP contribution in [-0.2, 0) is 14.3 Å². The molecule has 7 heteroatoms. The summed E-state index contributed by atoms with van der Waals surface area (Å²) in [5.41, 5.74) is 0.630. The molecule has 0 saturated carbocycles. The van der Waals surface area contributed by atoms with Crippen molar-refractivity contribution >= 4 is 33.4 Å². The first kappa shape index (κ1) is 17.5. The standard InChI is InChI=1S/C17H22BrN3O3/c18-13-2-4-14(5-3-13)21-16(22)12-15(17(21)23)19-6-1-7-20-8-10-24-11-9-20/h2-5,15,19H,1,6-12H2. The van der Waals surface area contributed by atoms with Crippen molar-refractivity contribution in [3.63, 3.8) is 0 Å². The van der Waals surface area contributed by atoms with E-state index in [1.165, 1.54) is 4.90 Å². The minimum atomic E-state index is -0.411. The van der Waals surface area contributed by atoms with E-state index in [4.69, 9.17) is 4.74 Å². The maximum atomic E-state index is 12.5. The number of nitrogens with one attached hydrogen (secondary N) is 1. The van der Waals surface area contributed by atoms with Crippen molar-refractivity contribution in [2.75, 3.05) is 44.3 Å². The van der Waals surface area contributed by atoms with E-state index in [2.05, 4.69) is 26.1 Å². The molecule has 2 amide bonds. The van der Waals surface area contributed by atoms with Crippen LogP contribution >= 0.6 is 15.9 Å². The van der Waals surface area contributed by atoms with Crippen LogP contribution in [-0.4, -0.2) is 62.1 Å². The van der Waals surface area contributed by atoms with Gasteiger partial charge in [0.05, 0.1) is 31.4 Å². The lowest BCUT2D eigenvalue weighted by molar-refractivity contribution is -0.121. The molecule has 1 aromatic rings. The average Bonchev–Trinajstić information content (AvgIpc) is 2.88. The number of imide groups is 1. The van der Waals surface area contributed by atoms with Crippen LogP contribution in [0.3, 0.4) is 0 Å². The topological polar surface area (TPSA) is 61.9 Å². The monoisotopic (exact) mass is 395 g/mol. The molecule has 2 saturated heterocycles. The molecule has 0 spiro atoms. The summed E-state index contributed by atoms with van der Waals surface area (Å²) in [6.45, 7) is 5.25. The lowest BCUT2D eigenvalue weighted by Gasteiger charge is -2.26. The van der Waals surface area contributed by atoms with Crippen molar-refractivity contribution in [2.24, 2.45) is 0 Å². The van der Waals surface area contributed by atoms with Crippen molar-refractivity contribution in [1.82, 2.24) is 10.2 Å². The molecule has 2 heterocycles. The highest BCUT2D eigenvalue weighted by Crippen LogP contribution is 2.24. The molecule has 0 bridgehead atoms. The summed E-state index contributed by atoms with van der Waals surface area (Å²) in [5.74, 6) is -0.304. The number of benzene rings is 1. The van der Waals surface area contributed by atoms with E-state index < -0.39 is 6.04 Å². The summed E-state index contributed by atoms with van der Waals surface area (Å²) < 4.78 is 6.25. The highest BCUT2D eigenvalue weighted by atomic mass is 79.9. The minimum absolute atomic E-state index is 0.145. The summed E-state index contributed by atoms with van der Waals surface area (Å²) in [5, 5.41) is 3.23. The second-order valence-corrected chi connectivity index (χ2v) is 6.98. The first-order valence-corrected chi connectivity index (χ1v) is 9.10. The van der Waals surface area contributed by atoms with Crippen LogP contribution in [0, 0.1) is 0 Å². The van der Waals surface area contributed by atoms with E-state index in [-0.39, 0.29) is 18.2 Å². The number of carbonyl (C=O) groups is 2. The SMILES string of the molecule is O=C1CC(NCCCN2CCOCC2)C(=O)N1c1ccc(Br)cc1. The van der Waals surface area contributed by atoms with Crippen molar-refractivity contribution in [2.45, 2.75) is 18.9 Å². The lowest BCUT2D eigenvalue weighted by Crippen LogP contribution is -2.41. The maximum absolute atomic E-state index is 12.5. The van der Waals surface area contributed by atoms with Gasteiger partial charge in [-0.25, -0.2) is 4.90 Å². The van der Waals surface area contributed by atoms with Crippen LogP contribution in [0.5, 0.6) is 0 Å². The quantitative estimate of drug-likeness (QED) is 0.582. The summed E-state index contributed by atoms with van der Waals surface area (Å²) in [7, 11) is 0. The van der Waals surface area contributed by atoms with E-state index in [0.717, 1.165) is 50.3 Å². The van der Waals surface area contributed by atoms with Gasteiger partial charge >= 0.3 is 0 Å². The van der Waals surface area contributed by atoms with Crippen LogP contribution in [0.25, 0.3) is 0 Å². The fourth-order valence-corrected chi connectivity index (χ4v) is 3.32. The number of carbonyl (C=O) groups excluding carboxylic acids is 2. The smallest absolute Gasteiger partial charge is 0.251 e. The zero-order chi connectivity index (χ0) is 16.9. The molecular weight excluding hydrogens is 374 g/mol. The second kappa shape index (κ2) is 8.20. The number of morpholine rings is 1. The molecule has 0 radical (unpaired) electrons. The summed E-state index contributed by atoms with van der Waals surface area (Å²) in [6.07, 6.45) is 1.18. The molecule has 2 aliphatic rings. The molecule has 2 fully saturated rings. The molecule has 1 N–H and O–H groups in total. The normalized spacial score (nSPS) is 22.4. The van der Waals surface area contributed by atoms with Crippen LogP contribution in [0.15, 0.2) is 28.7 Å². The second-order valence-electron chi connectivity index (χ2n) is 6.06. The number of anilines is 1. The maximum Gasteiger partial charge on any atom is 0.251 e. The van der Waals surface area contributed by atoms with Gasteiger partial charge in [-0.15, -0.1) is 0 Å². The average molecular weight is 396 g/mol. The third-order valence-corrected chi connectivity index (χ3v) is 4.91. The van der Waals surface area contributed by atoms with E-state index >= 15 is 0 Å². The number of ether oxygens (including phenoxy) is 1. The Kier molecular flexibility index (Phi) is 5.99. The highest BCUT2D eigenvalue weighted by molar-refractivity contribution is 9.10. The molecule has 1 unspecified atom stereocenters. The zero-order valence-corrected chi connectivity index (χ0v) is 15.1. The largest absolute Gasteiger partial charge is 0.379 e. The van der Waals surface area contributed by atoms with Gasteiger partial charge in [-0.2, -0.15) is 0 Å². The van der Waals surface area contributed by atoms with E-state index in [9.17, 15) is 9.59 Å². The minimum Gasteiger partial charge on any atom is -0.379 e. The van der Waals surface area contributed by atoms with Gasteiger partial charge < -0.3 is 10.1 Å². The van der Waals surface area contributed by atoms with Crippen LogP contribution < -0.4 is 10.2 Å². The van der Waals surface area contributed by atoms with Crippen molar-refractivity contribution < 1.29 is 14.3 Å². The van der Waals surface area contributed by atoms with Crippen LogP contribution in [0.2, 0.25) is 0 Å². The summed E-state index contributed by atoms with van der Waals surface area (Å²) in [4.78, 5) is 28.3. The Hall–Kier alpha value is -1.28. The summed E-state index contributed by atoms with van der Waals surface area (Å²) in [6, 6.07) is 6.81. The van der Waals surface area contributed by atoms with Gasteiger partial charge in [0.1, 0.15) is 0 Å². The molecule has 130 valence electrons. The Morgan fingerprint density at radius 2 is 1.88 bits per heavy atom. The predicted molar refractivity (Wildman–Crippen MR) is 94.9 cm³/mol. The van der Waals surface area contributed by atoms with Gasteiger partial charge in [0.25, 0.3) is 5.91 Å². The van der Waals surface area contributed by atoms with Gasteiger partial charge in [0.2, 0.25) is 5.91 Å². The fourth-order valence-electron chi connectivity index (χ4n) is 3.06. The fraction of sp³-hybridized carbons (Fsp3) is 0.529. The number of rotatable bonds is 6. The molecule has 0 aliphatic carbocycles. The molecule has 6 nitrogen and oxygen atoms in total. The number of amides is 2. The molecule has 1 aromatic carbocycles. The van der Waals surface area contributed by atoms with Crippen molar-refractivity contribution in [3.8, 4) is 0 Å². The molecule has 24 heavy (non-hydrogen) atoms. The van der Waals surface area contributed by atoms with Crippen LogP contribution in [0.1, 0.15) is 12.8 Å². The number of hydrogen-bond donors (Lipinski definition) is 1. The Balaban J connectivity index is 1.48. The van der Waals surface area contributed by atoms with Gasteiger partial charge in [0, 0.05) is 17.6 Å². The van der Waals surface area contributed by atoms with Gasteiger partial charge in [-0.3, -0.25) is 14.5 Å². The van der Waals surface area contributed by atoms with E-state index in [1.807, 2.05) is 12.1 Å². The Bertz CT molecular complexity index is 587. The van der Waals surface area contributed by atoms with E-state index in [1.54, 1.807) is 12.1 Å². The molecular formula is C17H22BrN3O3. The third kappa shape index (κ3) is 4.22. The lowest BCUT2D eigenvalue weighted by atomic mass is 10.2. The number of hydrogen-bond acceptors (Lipinski definition) is 5. The Morgan fingerprint density at radius 1 is 1.17 bits per heavy atom.